The van der Waals surface area contributed by atoms with E-state index >= 15 is 0 Å². The molecule has 1 aromatic rings. The summed E-state index contributed by atoms with van der Waals surface area (Å²) in [6.07, 6.45) is 0. The number of carbonyl (C=O) groups is 2. The first kappa shape index (κ1) is 10.2. The van der Waals surface area contributed by atoms with Crippen LogP contribution in [0, 0.1) is 0 Å². The largest absolute Gasteiger partial charge is 0.475 e. The van der Waals surface area contributed by atoms with Crippen LogP contribution < -0.4 is 6.15 Å². The summed E-state index contributed by atoms with van der Waals surface area (Å²) in [5, 5.41) is 16.6. The van der Waals surface area contributed by atoms with Crippen LogP contribution in [0.2, 0.25) is 0 Å². The Morgan fingerprint density at radius 1 is 1.08 bits per heavy atom. The monoisotopic (exact) mass is 173 g/mol. The highest BCUT2D eigenvalue weighted by atomic mass is 16.4. The molecule has 0 fully saturated rings. The van der Waals surface area contributed by atoms with E-state index in [1.807, 2.05) is 0 Å². The van der Waals surface area contributed by atoms with Crippen LogP contribution in [-0.2, 0) is 0 Å². The number of rotatable bonds is 2. The second-order valence-corrected chi connectivity index (χ2v) is 1.77. The molecule has 0 aliphatic carbocycles. The molecule has 0 unspecified atom stereocenters. The third-order valence-electron chi connectivity index (χ3n) is 1.03. The van der Waals surface area contributed by atoms with Crippen molar-refractivity contribution < 1.29 is 24.2 Å². The van der Waals surface area contributed by atoms with Gasteiger partial charge in [0.25, 0.3) is 0 Å². The smallest absolute Gasteiger partial charge is 0.371 e. The molecule has 66 valence electrons. The van der Waals surface area contributed by atoms with Crippen molar-refractivity contribution in [3.63, 3.8) is 0 Å². The first-order valence-corrected chi connectivity index (χ1v) is 2.67. The molecule has 5 N–H and O–H groups in total. The summed E-state index contributed by atoms with van der Waals surface area (Å²) in [5.41, 5.74) is 0. The number of furan rings is 1. The lowest BCUT2D eigenvalue weighted by molar-refractivity contribution is 0.0632. The van der Waals surface area contributed by atoms with Gasteiger partial charge in [0.2, 0.25) is 11.5 Å². The topological polar surface area (TPSA) is 123 Å². The van der Waals surface area contributed by atoms with E-state index in [2.05, 4.69) is 4.42 Å². The lowest BCUT2D eigenvalue weighted by Crippen LogP contribution is -1.94. The Hall–Kier alpha value is -1.82. The highest BCUT2D eigenvalue weighted by Gasteiger charge is 2.12. The molecule has 1 heterocycles. The van der Waals surface area contributed by atoms with Gasteiger partial charge in [-0.05, 0) is 12.1 Å². The van der Waals surface area contributed by atoms with Crippen molar-refractivity contribution in [2.45, 2.75) is 0 Å². The molecule has 0 atom stereocenters. The molecule has 0 radical (unpaired) electrons. The SMILES string of the molecule is N.O=C(O)c1ccc(C(=O)O)o1. The van der Waals surface area contributed by atoms with Crippen LogP contribution in [0.4, 0.5) is 0 Å². The third kappa shape index (κ3) is 1.83. The van der Waals surface area contributed by atoms with E-state index in [-0.39, 0.29) is 17.7 Å². The minimum absolute atomic E-state index is 0. The van der Waals surface area contributed by atoms with Crippen molar-refractivity contribution >= 4 is 11.9 Å². The van der Waals surface area contributed by atoms with E-state index in [0.717, 1.165) is 12.1 Å². The van der Waals surface area contributed by atoms with Crippen molar-refractivity contribution in [2.24, 2.45) is 0 Å². The predicted octanol–water partition coefficient (Wildman–Crippen LogP) is 0.838. The van der Waals surface area contributed by atoms with Crippen molar-refractivity contribution in [3.05, 3.63) is 23.7 Å². The summed E-state index contributed by atoms with van der Waals surface area (Å²) in [7, 11) is 0. The maximum atomic E-state index is 10.2. The van der Waals surface area contributed by atoms with Crippen LogP contribution in [0.3, 0.4) is 0 Å². The molecule has 1 rings (SSSR count). The normalized spacial score (nSPS) is 8.67. The van der Waals surface area contributed by atoms with Crippen LogP contribution >= 0.6 is 0 Å². The van der Waals surface area contributed by atoms with Gasteiger partial charge in [0.1, 0.15) is 0 Å². The summed E-state index contributed by atoms with van der Waals surface area (Å²) in [4.78, 5) is 20.3. The van der Waals surface area contributed by atoms with E-state index in [4.69, 9.17) is 10.2 Å². The van der Waals surface area contributed by atoms with Gasteiger partial charge in [-0.15, -0.1) is 0 Å². The van der Waals surface area contributed by atoms with Gasteiger partial charge in [-0.2, -0.15) is 0 Å². The second kappa shape index (κ2) is 3.54. The molecule has 0 aliphatic heterocycles. The van der Waals surface area contributed by atoms with Gasteiger partial charge < -0.3 is 20.8 Å². The minimum atomic E-state index is -1.28. The van der Waals surface area contributed by atoms with Crippen LogP contribution in [0.15, 0.2) is 16.5 Å². The molecule has 0 saturated heterocycles. The molecule has 0 aliphatic rings. The van der Waals surface area contributed by atoms with E-state index in [9.17, 15) is 9.59 Å². The van der Waals surface area contributed by atoms with E-state index in [1.165, 1.54) is 0 Å². The zero-order chi connectivity index (χ0) is 8.43. The highest BCUT2D eigenvalue weighted by Crippen LogP contribution is 2.06. The zero-order valence-electron chi connectivity index (χ0n) is 5.98. The summed E-state index contributed by atoms with van der Waals surface area (Å²) < 4.78 is 4.41. The molecule has 0 amide bonds. The van der Waals surface area contributed by atoms with Crippen LogP contribution in [0.25, 0.3) is 0 Å². The Kier molecular flexibility index (Phi) is 3.00. The Bertz CT molecular complexity index is 274. The van der Waals surface area contributed by atoms with Crippen LogP contribution in [0.1, 0.15) is 21.1 Å². The molecule has 1 aromatic heterocycles. The van der Waals surface area contributed by atoms with Gasteiger partial charge in [0, 0.05) is 0 Å². The van der Waals surface area contributed by atoms with E-state index in [1.54, 1.807) is 0 Å². The van der Waals surface area contributed by atoms with Gasteiger partial charge in [-0.25, -0.2) is 9.59 Å². The molecular formula is C6H7NO5. The Morgan fingerprint density at radius 3 is 1.58 bits per heavy atom. The maximum absolute atomic E-state index is 10.2. The number of hydrogen-bond donors (Lipinski definition) is 3. The highest BCUT2D eigenvalue weighted by molar-refractivity contribution is 5.88. The first-order valence-electron chi connectivity index (χ1n) is 2.67. The second-order valence-electron chi connectivity index (χ2n) is 1.77. The number of carboxylic acids is 2. The molecule has 12 heavy (non-hydrogen) atoms. The van der Waals surface area contributed by atoms with Gasteiger partial charge in [0.15, 0.2) is 0 Å². The van der Waals surface area contributed by atoms with Crippen molar-refractivity contribution in [1.29, 1.82) is 0 Å². The molecule has 0 bridgehead atoms. The lowest BCUT2D eigenvalue weighted by Gasteiger charge is -1.84. The molecule has 0 aromatic carbocycles. The van der Waals surface area contributed by atoms with Crippen LogP contribution in [0.5, 0.6) is 0 Å². The van der Waals surface area contributed by atoms with Gasteiger partial charge in [-0.3, -0.25) is 0 Å². The molecular weight excluding hydrogens is 166 g/mol. The molecule has 0 spiro atoms. The Balaban J connectivity index is 0.00000121. The molecule has 6 nitrogen and oxygen atoms in total. The van der Waals surface area contributed by atoms with Crippen molar-refractivity contribution in [2.75, 3.05) is 0 Å². The molecule has 6 heteroatoms. The molecule has 0 saturated carbocycles. The van der Waals surface area contributed by atoms with Gasteiger partial charge >= 0.3 is 11.9 Å². The third-order valence-corrected chi connectivity index (χ3v) is 1.03. The van der Waals surface area contributed by atoms with Crippen molar-refractivity contribution in [3.8, 4) is 0 Å². The summed E-state index contributed by atoms with van der Waals surface area (Å²) >= 11 is 0. The maximum Gasteiger partial charge on any atom is 0.371 e. The summed E-state index contributed by atoms with van der Waals surface area (Å²) in [6, 6.07) is 2.18. The summed E-state index contributed by atoms with van der Waals surface area (Å²) in [5.74, 6) is -3.31. The number of hydrogen-bond acceptors (Lipinski definition) is 4. The van der Waals surface area contributed by atoms with Gasteiger partial charge in [-0.1, -0.05) is 0 Å². The average molecular weight is 173 g/mol. The quantitative estimate of drug-likeness (QED) is 0.608. The average Bonchev–Trinajstić information content (AvgIpc) is 2.33. The fourth-order valence-electron chi connectivity index (χ4n) is 0.568. The summed E-state index contributed by atoms with van der Waals surface area (Å²) in [6.45, 7) is 0. The zero-order valence-corrected chi connectivity index (χ0v) is 5.98. The fourth-order valence-corrected chi connectivity index (χ4v) is 0.568. The lowest BCUT2D eigenvalue weighted by atomic mass is 10.4. The fraction of sp³-hybridized carbons (Fsp3) is 0. The Labute approximate surface area is 67.0 Å². The number of aromatic carboxylic acids is 2. The van der Waals surface area contributed by atoms with E-state index < -0.39 is 11.9 Å². The first-order chi connectivity index (χ1) is 5.11. The Morgan fingerprint density at radius 2 is 1.42 bits per heavy atom. The van der Waals surface area contributed by atoms with Crippen molar-refractivity contribution in [1.82, 2.24) is 6.15 Å². The van der Waals surface area contributed by atoms with E-state index in [0.29, 0.717) is 0 Å². The standard InChI is InChI=1S/C6H4O5.H3N/c7-5(8)3-1-2-4(11-3)6(9)10;/h1-2H,(H,7,8)(H,9,10);1H3. The van der Waals surface area contributed by atoms with Gasteiger partial charge in [0.05, 0.1) is 0 Å². The number of carboxylic acid groups (broad SMARTS) is 2. The van der Waals surface area contributed by atoms with Crippen LogP contribution in [-0.4, -0.2) is 22.2 Å². The predicted molar refractivity (Wildman–Crippen MR) is 37.6 cm³/mol. The minimum Gasteiger partial charge on any atom is -0.475 e.